The number of likely N-dealkylation sites (tertiary alicyclic amines) is 1. The maximum Gasteiger partial charge on any atom is 0.230 e. The number of rotatable bonds is 6. The number of benzene rings is 1. The van der Waals surface area contributed by atoms with E-state index in [1.807, 2.05) is 0 Å². The lowest BCUT2D eigenvalue weighted by molar-refractivity contribution is -0.134. The fraction of sp³-hybridized carbons (Fsp3) is 0.333. The number of piperidine rings is 1. The average Bonchev–Trinajstić information content (AvgIpc) is 2.74. The second-order valence-electron chi connectivity index (χ2n) is 6.96. The quantitative estimate of drug-likeness (QED) is 0.627. The Bertz CT molecular complexity index is 887. The summed E-state index contributed by atoms with van der Waals surface area (Å²) < 4.78 is 0.832. The fourth-order valence-corrected chi connectivity index (χ4v) is 3.61. The largest absolute Gasteiger partial charge is 0.342 e. The molecule has 2 heterocycles. The van der Waals surface area contributed by atoms with Gasteiger partial charge in [0.1, 0.15) is 5.82 Å². The van der Waals surface area contributed by atoms with Gasteiger partial charge in [0.2, 0.25) is 11.8 Å². The molecule has 8 heteroatoms. The van der Waals surface area contributed by atoms with Crippen molar-refractivity contribution in [2.75, 3.05) is 18.4 Å². The van der Waals surface area contributed by atoms with Crippen LogP contribution in [0.4, 0.5) is 5.82 Å². The van der Waals surface area contributed by atoms with Gasteiger partial charge in [-0.1, -0.05) is 11.6 Å². The first-order chi connectivity index (χ1) is 13.9. The van der Waals surface area contributed by atoms with E-state index < -0.39 is 0 Å². The van der Waals surface area contributed by atoms with Crippen LogP contribution in [0.5, 0.6) is 0 Å². The van der Waals surface area contributed by atoms with Gasteiger partial charge in [0, 0.05) is 47.2 Å². The summed E-state index contributed by atoms with van der Waals surface area (Å²) in [6, 6.07) is 10.2. The molecule has 1 atom stereocenters. The standard InChI is InChI=1S/C21H21BrClN3O3/c22-16-5-9-19(24-12-16)25-21(29)15-2-1-11-26(13-15)20(28)10-8-18(27)14-3-6-17(23)7-4-14/h3-7,9,12,15H,1-2,8,10-11,13H2,(H,24,25,29). The molecule has 0 radical (unpaired) electrons. The monoisotopic (exact) mass is 477 g/mol. The van der Waals surface area contributed by atoms with Crippen LogP contribution in [-0.2, 0) is 9.59 Å². The predicted molar refractivity (Wildman–Crippen MR) is 115 cm³/mol. The molecule has 0 saturated carbocycles. The van der Waals surface area contributed by atoms with Gasteiger partial charge in [-0.05, 0) is 65.2 Å². The second-order valence-corrected chi connectivity index (χ2v) is 8.31. The molecule has 1 fully saturated rings. The van der Waals surface area contributed by atoms with Gasteiger partial charge in [0.15, 0.2) is 5.78 Å². The lowest BCUT2D eigenvalue weighted by atomic mass is 9.96. The Balaban J connectivity index is 1.50. The Kier molecular flexibility index (Phi) is 7.39. The molecule has 0 aliphatic carbocycles. The van der Waals surface area contributed by atoms with Crippen LogP contribution in [0.15, 0.2) is 47.1 Å². The molecule has 152 valence electrons. The minimum Gasteiger partial charge on any atom is -0.342 e. The van der Waals surface area contributed by atoms with E-state index >= 15 is 0 Å². The predicted octanol–water partition coefficient (Wildman–Crippen LogP) is 4.34. The zero-order valence-corrected chi connectivity index (χ0v) is 18.1. The van der Waals surface area contributed by atoms with Crippen molar-refractivity contribution in [3.63, 3.8) is 0 Å². The third-order valence-corrected chi connectivity index (χ3v) is 5.58. The third kappa shape index (κ3) is 6.11. The smallest absolute Gasteiger partial charge is 0.230 e. The number of halogens is 2. The molecule has 1 aromatic carbocycles. The first kappa shape index (κ1) is 21.5. The first-order valence-corrected chi connectivity index (χ1v) is 10.6. The second kappa shape index (κ2) is 9.98. The van der Waals surface area contributed by atoms with Crippen LogP contribution in [0.1, 0.15) is 36.0 Å². The number of pyridine rings is 1. The number of carbonyl (C=O) groups is 3. The first-order valence-electron chi connectivity index (χ1n) is 9.41. The van der Waals surface area contributed by atoms with Crippen molar-refractivity contribution in [1.82, 2.24) is 9.88 Å². The number of hydrogen-bond donors (Lipinski definition) is 1. The molecule has 0 spiro atoms. The summed E-state index contributed by atoms with van der Waals surface area (Å²) in [6.45, 7) is 0.963. The summed E-state index contributed by atoms with van der Waals surface area (Å²) in [7, 11) is 0. The highest BCUT2D eigenvalue weighted by Crippen LogP contribution is 2.20. The summed E-state index contributed by atoms with van der Waals surface area (Å²) in [6.07, 6.45) is 3.35. The van der Waals surface area contributed by atoms with E-state index in [1.165, 1.54) is 0 Å². The van der Waals surface area contributed by atoms with Gasteiger partial charge < -0.3 is 10.2 Å². The molecule has 1 unspecified atom stereocenters. The maximum absolute atomic E-state index is 12.6. The van der Waals surface area contributed by atoms with Crippen LogP contribution in [0.3, 0.4) is 0 Å². The SMILES string of the molecule is O=C(CCC(=O)N1CCCC(C(=O)Nc2ccc(Br)cn2)C1)c1ccc(Cl)cc1. The fourth-order valence-electron chi connectivity index (χ4n) is 3.25. The Hall–Kier alpha value is -2.25. The molecule has 29 heavy (non-hydrogen) atoms. The lowest BCUT2D eigenvalue weighted by Gasteiger charge is -2.32. The highest BCUT2D eigenvalue weighted by atomic mass is 79.9. The van der Waals surface area contributed by atoms with E-state index in [4.69, 9.17) is 11.6 Å². The number of anilines is 1. The normalized spacial score (nSPS) is 16.3. The van der Waals surface area contributed by atoms with Gasteiger partial charge >= 0.3 is 0 Å². The van der Waals surface area contributed by atoms with E-state index in [2.05, 4.69) is 26.2 Å². The molecule has 1 aliphatic rings. The van der Waals surface area contributed by atoms with Crippen molar-refractivity contribution >= 4 is 50.9 Å². The van der Waals surface area contributed by atoms with Crippen LogP contribution in [0.2, 0.25) is 5.02 Å². The summed E-state index contributed by atoms with van der Waals surface area (Å²) in [5, 5.41) is 3.36. The number of carbonyl (C=O) groups excluding carboxylic acids is 3. The minimum atomic E-state index is -0.287. The molecule has 1 N–H and O–H groups in total. The van der Waals surface area contributed by atoms with E-state index in [0.717, 1.165) is 17.3 Å². The minimum absolute atomic E-state index is 0.0948. The van der Waals surface area contributed by atoms with Crippen LogP contribution < -0.4 is 5.32 Å². The number of ketones is 1. The lowest BCUT2D eigenvalue weighted by Crippen LogP contribution is -2.43. The Morgan fingerprint density at radius 1 is 1.14 bits per heavy atom. The van der Waals surface area contributed by atoms with Crippen molar-refractivity contribution in [3.05, 3.63) is 57.7 Å². The highest BCUT2D eigenvalue weighted by Gasteiger charge is 2.28. The maximum atomic E-state index is 12.6. The summed E-state index contributed by atoms with van der Waals surface area (Å²) in [5.74, 6) is -0.149. The van der Waals surface area contributed by atoms with Crippen molar-refractivity contribution in [2.24, 2.45) is 5.92 Å². The van der Waals surface area contributed by atoms with Gasteiger partial charge in [-0.3, -0.25) is 14.4 Å². The van der Waals surface area contributed by atoms with Gasteiger partial charge in [-0.15, -0.1) is 0 Å². The molecular formula is C21H21BrClN3O3. The van der Waals surface area contributed by atoms with Gasteiger partial charge in [-0.25, -0.2) is 4.98 Å². The Labute approximate surface area is 182 Å². The topological polar surface area (TPSA) is 79.4 Å². The number of amides is 2. The highest BCUT2D eigenvalue weighted by molar-refractivity contribution is 9.10. The average molecular weight is 479 g/mol. The van der Waals surface area contributed by atoms with Crippen LogP contribution in [0.25, 0.3) is 0 Å². The Morgan fingerprint density at radius 2 is 1.90 bits per heavy atom. The molecule has 6 nitrogen and oxygen atoms in total. The van der Waals surface area contributed by atoms with Crippen molar-refractivity contribution in [2.45, 2.75) is 25.7 Å². The van der Waals surface area contributed by atoms with Gasteiger partial charge in [-0.2, -0.15) is 0 Å². The molecule has 2 aromatic rings. The zero-order valence-electron chi connectivity index (χ0n) is 15.7. The molecule has 0 bridgehead atoms. The van der Waals surface area contributed by atoms with E-state index in [9.17, 15) is 14.4 Å². The number of aromatic nitrogens is 1. The Morgan fingerprint density at radius 3 is 2.59 bits per heavy atom. The number of nitrogens with one attached hydrogen (secondary N) is 1. The molecule has 1 saturated heterocycles. The van der Waals surface area contributed by atoms with Crippen LogP contribution in [-0.4, -0.2) is 40.6 Å². The summed E-state index contributed by atoms with van der Waals surface area (Å²) in [4.78, 5) is 43.2. The van der Waals surface area contributed by atoms with E-state index in [-0.39, 0.29) is 36.4 Å². The molecule has 1 aromatic heterocycles. The number of hydrogen-bond acceptors (Lipinski definition) is 4. The van der Waals surface area contributed by atoms with Crippen LogP contribution >= 0.6 is 27.5 Å². The van der Waals surface area contributed by atoms with Gasteiger partial charge in [0.25, 0.3) is 0 Å². The number of nitrogens with zero attached hydrogens (tertiary/aromatic N) is 2. The molecule has 3 rings (SSSR count). The molecular weight excluding hydrogens is 458 g/mol. The third-order valence-electron chi connectivity index (χ3n) is 4.86. The molecule has 2 amide bonds. The summed E-state index contributed by atoms with van der Waals surface area (Å²) in [5.41, 5.74) is 0.542. The van der Waals surface area contributed by atoms with Gasteiger partial charge in [0.05, 0.1) is 5.92 Å². The summed E-state index contributed by atoms with van der Waals surface area (Å²) >= 11 is 9.14. The van der Waals surface area contributed by atoms with Crippen molar-refractivity contribution < 1.29 is 14.4 Å². The van der Waals surface area contributed by atoms with Crippen molar-refractivity contribution in [1.29, 1.82) is 0 Å². The van der Waals surface area contributed by atoms with Crippen molar-refractivity contribution in [3.8, 4) is 0 Å². The van der Waals surface area contributed by atoms with E-state index in [0.29, 0.717) is 29.5 Å². The van der Waals surface area contributed by atoms with E-state index in [1.54, 1.807) is 47.5 Å². The zero-order chi connectivity index (χ0) is 20.8. The van der Waals surface area contributed by atoms with Crippen LogP contribution in [0, 0.1) is 5.92 Å². The number of Topliss-reactive ketones (excluding diaryl/α,β-unsaturated/α-hetero) is 1. The molecule has 1 aliphatic heterocycles.